The van der Waals surface area contributed by atoms with Gasteiger partial charge in [-0.3, -0.25) is 9.78 Å². The van der Waals surface area contributed by atoms with E-state index >= 15 is 0 Å². The first kappa shape index (κ1) is 19.1. The number of pyridine rings is 1. The van der Waals surface area contributed by atoms with Gasteiger partial charge in [-0.1, -0.05) is 12.1 Å². The molecule has 0 radical (unpaired) electrons. The molecule has 1 saturated heterocycles. The zero-order valence-electron chi connectivity index (χ0n) is 15.5. The molecule has 0 bridgehead atoms. The largest absolute Gasteiger partial charge is 0.507 e. The molecule has 1 amide bonds. The van der Waals surface area contributed by atoms with Crippen molar-refractivity contribution in [1.82, 2.24) is 14.8 Å². The van der Waals surface area contributed by atoms with Gasteiger partial charge in [-0.05, 0) is 30.3 Å². The summed E-state index contributed by atoms with van der Waals surface area (Å²) < 4.78 is 0. The number of phenols is 1. The fourth-order valence-corrected chi connectivity index (χ4v) is 3.12. The number of amides is 1. The number of benzene rings is 1. The van der Waals surface area contributed by atoms with Crippen LogP contribution >= 0.6 is 0 Å². The number of phenolic OH excluding ortho intramolecular Hbond substituents is 1. The Morgan fingerprint density at radius 3 is 2.29 bits per heavy atom. The van der Waals surface area contributed by atoms with E-state index in [1.165, 1.54) is 0 Å². The van der Waals surface area contributed by atoms with Crippen LogP contribution in [0.15, 0.2) is 66.4 Å². The number of carbonyl (C=O) groups is 1. The maximum atomic E-state index is 12.6. The summed E-state index contributed by atoms with van der Waals surface area (Å²) in [5, 5.41) is 9.98. The Balaban J connectivity index is 1.72. The fourth-order valence-electron chi connectivity index (χ4n) is 3.12. The van der Waals surface area contributed by atoms with Crippen LogP contribution in [0.5, 0.6) is 5.75 Å². The second-order valence-electron chi connectivity index (χ2n) is 6.48. The van der Waals surface area contributed by atoms with Crippen LogP contribution in [0, 0.1) is 0 Å². The Hall–Kier alpha value is -3.68. The molecule has 0 atom stereocenters. The number of hydrogen-bond acceptors (Lipinski definition) is 7. The molecule has 28 heavy (non-hydrogen) atoms. The number of nitrogens with zero attached hydrogens (tertiary/aromatic N) is 3. The molecular formula is C20H24N6O2. The summed E-state index contributed by atoms with van der Waals surface area (Å²) in [7, 11) is 0. The van der Waals surface area contributed by atoms with E-state index in [4.69, 9.17) is 17.2 Å². The van der Waals surface area contributed by atoms with E-state index in [0.29, 0.717) is 48.7 Å². The molecule has 0 unspecified atom stereocenters. The number of nitrogens with two attached hydrogens (primary N) is 3. The van der Waals surface area contributed by atoms with Crippen molar-refractivity contribution in [2.24, 2.45) is 17.2 Å². The van der Waals surface area contributed by atoms with Gasteiger partial charge in [0.05, 0.1) is 11.3 Å². The SMILES string of the molecule is NC(N)=C(/C=C(\N)c1ccccc1O)N1CCN(C(=O)c2cccnc2)CC1. The van der Waals surface area contributed by atoms with Crippen molar-refractivity contribution in [3.63, 3.8) is 0 Å². The van der Waals surface area contributed by atoms with Crippen LogP contribution in [0.3, 0.4) is 0 Å². The standard InChI is InChI=1S/C20H24N6O2/c21-16(15-5-1-2-6-18(15)27)12-17(19(22)23)25-8-10-26(11-9-25)20(28)14-4-3-7-24-13-14/h1-7,12-13,27H,8-11,21-23H2/b16-12-. The Bertz CT molecular complexity index is 898. The van der Waals surface area contributed by atoms with Crippen molar-refractivity contribution in [2.45, 2.75) is 0 Å². The summed E-state index contributed by atoms with van der Waals surface area (Å²) in [5.41, 5.74) is 19.9. The number of aromatic hydroxyl groups is 1. The van der Waals surface area contributed by atoms with E-state index in [1.807, 2.05) is 4.90 Å². The van der Waals surface area contributed by atoms with Crippen LogP contribution in [-0.4, -0.2) is 52.0 Å². The molecule has 1 aromatic carbocycles. The van der Waals surface area contributed by atoms with Crippen molar-refractivity contribution in [1.29, 1.82) is 0 Å². The minimum Gasteiger partial charge on any atom is -0.507 e. The van der Waals surface area contributed by atoms with Crippen molar-refractivity contribution in [3.8, 4) is 5.75 Å². The molecule has 1 fully saturated rings. The molecule has 0 aliphatic carbocycles. The van der Waals surface area contributed by atoms with Crippen molar-refractivity contribution in [3.05, 3.63) is 77.5 Å². The number of piperazine rings is 1. The summed E-state index contributed by atoms with van der Waals surface area (Å²) >= 11 is 0. The summed E-state index contributed by atoms with van der Waals surface area (Å²) in [6, 6.07) is 10.3. The van der Waals surface area contributed by atoms with Crippen LogP contribution in [0.25, 0.3) is 5.70 Å². The van der Waals surface area contributed by atoms with Gasteiger partial charge in [-0.2, -0.15) is 0 Å². The summed E-state index contributed by atoms with van der Waals surface area (Å²) in [6.07, 6.45) is 4.85. The number of aromatic nitrogens is 1. The highest BCUT2D eigenvalue weighted by Gasteiger charge is 2.24. The molecule has 146 valence electrons. The van der Waals surface area contributed by atoms with Crippen LogP contribution in [0.1, 0.15) is 15.9 Å². The molecule has 1 aliphatic heterocycles. The van der Waals surface area contributed by atoms with Gasteiger partial charge in [0.25, 0.3) is 5.91 Å². The molecule has 1 aromatic heterocycles. The van der Waals surface area contributed by atoms with Gasteiger partial charge in [-0.15, -0.1) is 0 Å². The topological polar surface area (TPSA) is 135 Å². The van der Waals surface area contributed by atoms with Gasteiger partial charge in [0.1, 0.15) is 11.6 Å². The Morgan fingerprint density at radius 2 is 1.68 bits per heavy atom. The van der Waals surface area contributed by atoms with Gasteiger partial charge in [0, 0.05) is 49.8 Å². The Labute approximate surface area is 163 Å². The maximum absolute atomic E-state index is 12.6. The first-order chi connectivity index (χ1) is 13.5. The van der Waals surface area contributed by atoms with E-state index in [2.05, 4.69) is 4.98 Å². The number of allylic oxidation sites excluding steroid dienone is 1. The molecule has 3 rings (SSSR count). The maximum Gasteiger partial charge on any atom is 0.255 e. The highest BCUT2D eigenvalue weighted by atomic mass is 16.3. The highest BCUT2D eigenvalue weighted by Crippen LogP contribution is 2.23. The van der Waals surface area contributed by atoms with E-state index in [1.54, 1.807) is 59.8 Å². The van der Waals surface area contributed by atoms with Crippen molar-refractivity contribution in [2.75, 3.05) is 26.2 Å². The molecule has 8 nitrogen and oxygen atoms in total. The average Bonchev–Trinajstić information content (AvgIpc) is 2.72. The number of hydrogen-bond donors (Lipinski definition) is 4. The second kappa shape index (κ2) is 8.34. The predicted octanol–water partition coefficient (Wildman–Crippen LogP) is 0.631. The van der Waals surface area contributed by atoms with E-state index in [0.717, 1.165) is 0 Å². The lowest BCUT2D eigenvalue weighted by Crippen LogP contribution is -2.48. The molecule has 0 spiro atoms. The normalized spacial score (nSPS) is 14.6. The first-order valence-electron chi connectivity index (χ1n) is 8.92. The molecular weight excluding hydrogens is 356 g/mol. The number of para-hydroxylation sites is 1. The lowest BCUT2D eigenvalue weighted by Gasteiger charge is -2.37. The number of carbonyl (C=O) groups excluding carboxylic acids is 1. The van der Waals surface area contributed by atoms with Gasteiger partial charge in [0.15, 0.2) is 0 Å². The quantitative estimate of drug-likeness (QED) is 0.571. The minimum atomic E-state index is -0.0525. The summed E-state index contributed by atoms with van der Waals surface area (Å²) in [4.78, 5) is 20.3. The lowest BCUT2D eigenvalue weighted by atomic mass is 10.1. The predicted molar refractivity (Wildman–Crippen MR) is 107 cm³/mol. The molecule has 7 N–H and O–H groups in total. The van der Waals surface area contributed by atoms with Crippen LogP contribution in [0.2, 0.25) is 0 Å². The lowest BCUT2D eigenvalue weighted by molar-refractivity contribution is 0.0671. The summed E-state index contributed by atoms with van der Waals surface area (Å²) in [6.45, 7) is 2.16. The van der Waals surface area contributed by atoms with E-state index in [-0.39, 0.29) is 17.5 Å². The van der Waals surface area contributed by atoms with Crippen molar-refractivity contribution < 1.29 is 9.90 Å². The van der Waals surface area contributed by atoms with Gasteiger partial charge in [-0.25, -0.2) is 0 Å². The van der Waals surface area contributed by atoms with Gasteiger partial charge in [0.2, 0.25) is 0 Å². The minimum absolute atomic E-state index is 0.0525. The summed E-state index contributed by atoms with van der Waals surface area (Å²) in [5.74, 6) is 0.159. The third-order valence-electron chi connectivity index (χ3n) is 4.62. The van der Waals surface area contributed by atoms with Crippen LogP contribution in [0.4, 0.5) is 0 Å². The highest BCUT2D eigenvalue weighted by molar-refractivity contribution is 5.93. The third-order valence-corrected chi connectivity index (χ3v) is 4.62. The Morgan fingerprint density at radius 1 is 1.00 bits per heavy atom. The fraction of sp³-hybridized carbons (Fsp3) is 0.200. The zero-order valence-corrected chi connectivity index (χ0v) is 15.5. The Kier molecular flexibility index (Phi) is 5.69. The average molecular weight is 380 g/mol. The van der Waals surface area contributed by atoms with E-state index < -0.39 is 0 Å². The molecule has 2 aromatic rings. The molecule has 0 saturated carbocycles. The van der Waals surface area contributed by atoms with Crippen LogP contribution < -0.4 is 17.2 Å². The monoisotopic (exact) mass is 380 g/mol. The van der Waals surface area contributed by atoms with Crippen LogP contribution in [-0.2, 0) is 0 Å². The molecule has 8 heteroatoms. The third kappa shape index (κ3) is 4.17. The van der Waals surface area contributed by atoms with E-state index in [9.17, 15) is 9.90 Å². The van der Waals surface area contributed by atoms with Gasteiger partial charge >= 0.3 is 0 Å². The molecule has 2 heterocycles. The van der Waals surface area contributed by atoms with Crippen molar-refractivity contribution >= 4 is 11.6 Å². The first-order valence-corrected chi connectivity index (χ1v) is 8.92. The van der Waals surface area contributed by atoms with Gasteiger partial charge < -0.3 is 32.1 Å². The number of rotatable bonds is 4. The second-order valence-corrected chi connectivity index (χ2v) is 6.48. The zero-order chi connectivity index (χ0) is 20.1. The smallest absolute Gasteiger partial charge is 0.255 e. The molecule has 1 aliphatic rings.